The molecule has 2 bridgehead atoms. The molecule has 2 aliphatic rings. The Balaban J connectivity index is 2.58. The molecule has 0 saturated heterocycles. The van der Waals surface area contributed by atoms with Crippen LogP contribution in [0.1, 0.15) is 27.2 Å². The van der Waals surface area contributed by atoms with Gasteiger partial charge in [-0.3, -0.25) is 0 Å². The Morgan fingerprint density at radius 1 is 1.36 bits per heavy atom. The fourth-order valence-electron chi connectivity index (χ4n) is 2.07. The van der Waals surface area contributed by atoms with Crippen molar-refractivity contribution in [3.05, 3.63) is 22.8 Å². The molecule has 2 aliphatic carbocycles. The second-order valence-corrected chi connectivity index (χ2v) is 4.72. The van der Waals surface area contributed by atoms with Crippen molar-refractivity contribution in [3.8, 4) is 0 Å². The molecule has 0 saturated carbocycles. The molecule has 0 aromatic rings. The molecule has 0 aromatic carbocycles. The standard InChI is InChI=1S/C10H13Cl/c1-9(2)7-4-5-10(9,3)8(11)6-7/h4,6H,5H2,1-3H3. The van der Waals surface area contributed by atoms with Crippen LogP contribution in [0.4, 0.5) is 0 Å². The summed E-state index contributed by atoms with van der Waals surface area (Å²) in [4.78, 5) is 0. The second-order valence-electron chi connectivity index (χ2n) is 4.31. The van der Waals surface area contributed by atoms with Gasteiger partial charge in [-0.05, 0) is 23.5 Å². The van der Waals surface area contributed by atoms with Gasteiger partial charge in [0.05, 0.1) is 0 Å². The Hall–Kier alpha value is -0.230. The van der Waals surface area contributed by atoms with E-state index in [9.17, 15) is 0 Å². The SMILES string of the molecule is CC1(C)C2=CCC1(C)C(Cl)=C2. The average molecular weight is 169 g/mol. The highest BCUT2D eigenvalue weighted by molar-refractivity contribution is 6.31. The van der Waals surface area contributed by atoms with E-state index in [-0.39, 0.29) is 10.8 Å². The van der Waals surface area contributed by atoms with Gasteiger partial charge in [0, 0.05) is 10.4 Å². The molecule has 1 atom stereocenters. The van der Waals surface area contributed by atoms with Crippen LogP contribution in [-0.2, 0) is 0 Å². The lowest BCUT2D eigenvalue weighted by Gasteiger charge is -2.34. The Morgan fingerprint density at radius 3 is 2.18 bits per heavy atom. The van der Waals surface area contributed by atoms with E-state index < -0.39 is 0 Å². The first kappa shape index (κ1) is 7.42. The lowest BCUT2D eigenvalue weighted by molar-refractivity contribution is 0.231. The number of fused-ring (bicyclic) bond motifs is 2. The normalized spacial score (nSPS) is 38.9. The highest BCUT2D eigenvalue weighted by Crippen LogP contribution is 2.62. The maximum Gasteiger partial charge on any atom is 0.0254 e. The summed E-state index contributed by atoms with van der Waals surface area (Å²) in [5.41, 5.74) is 1.89. The van der Waals surface area contributed by atoms with E-state index in [0.717, 1.165) is 11.5 Å². The minimum atomic E-state index is 0.198. The Morgan fingerprint density at radius 2 is 2.00 bits per heavy atom. The molecule has 0 N–H and O–H groups in total. The maximum atomic E-state index is 6.15. The fraction of sp³-hybridized carbons (Fsp3) is 0.600. The van der Waals surface area contributed by atoms with Crippen LogP contribution in [0.3, 0.4) is 0 Å². The van der Waals surface area contributed by atoms with Crippen molar-refractivity contribution in [2.45, 2.75) is 27.2 Å². The predicted octanol–water partition coefficient (Wildman–Crippen LogP) is 3.49. The van der Waals surface area contributed by atoms with Gasteiger partial charge in [-0.15, -0.1) is 0 Å². The second kappa shape index (κ2) is 1.74. The van der Waals surface area contributed by atoms with Gasteiger partial charge in [-0.25, -0.2) is 0 Å². The zero-order valence-electron chi connectivity index (χ0n) is 7.24. The number of allylic oxidation sites excluding steroid dienone is 4. The summed E-state index contributed by atoms with van der Waals surface area (Å²) < 4.78 is 0. The summed E-state index contributed by atoms with van der Waals surface area (Å²) in [5, 5.41) is 1.04. The van der Waals surface area contributed by atoms with Crippen molar-refractivity contribution in [2.24, 2.45) is 10.8 Å². The van der Waals surface area contributed by atoms with Gasteiger partial charge in [-0.2, -0.15) is 0 Å². The first-order chi connectivity index (χ1) is 4.98. The average Bonchev–Trinajstić information content (AvgIpc) is 2.20. The monoisotopic (exact) mass is 168 g/mol. The van der Waals surface area contributed by atoms with Crippen LogP contribution in [0, 0.1) is 10.8 Å². The lowest BCUT2D eigenvalue weighted by Crippen LogP contribution is -2.28. The summed E-state index contributed by atoms with van der Waals surface area (Å²) in [5.74, 6) is 0. The van der Waals surface area contributed by atoms with Gasteiger partial charge in [-0.1, -0.05) is 38.4 Å². The molecule has 0 radical (unpaired) electrons. The van der Waals surface area contributed by atoms with E-state index in [1.807, 2.05) is 0 Å². The number of halogens is 1. The van der Waals surface area contributed by atoms with Crippen molar-refractivity contribution in [2.75, 3.05) is 0 Å². The number of hydrogen-bond acceptors (Lipinski definition) is 0. The Kier molecular flexibility index (Phi) is 1.18. The van der Waals surface area contributed by atoms with Crippen molar-refractivity contribution in [3.63, 3.8) is 0 Å². The van der Waals surface area contributed by atoms with Crippen LogP contribution in [-0.4, -0.2) is 0 Å². The van der Waals surface area contributed by atoms with Crippen molar-refractivity contribution < 1.29 is 0 Å². The summed E-state index contributed by atoms with van der Waals surface area (Å²) in [6, 6.07) is 0. The molecular weight excluding hydrogens is 156 g/mol. The minimum absolute atomic E-state index is 0.198. The van der Waals surface area contributed by atoms with Gasteiger partial charge >= 0.3 is 0 Å². The molecule has 0 amide bonds. The number of rotatable bonds is 0. The molecule has 0 aromatic heterocycles. The fourth-order valence-corrected chi connectivity index (χ4v) is 2.51. The quantitative estimate of drug-likeness (QED) is 0.520. The number of hydrogen-bond donors (Lipinski definition) is 0. The van der Waals surface area contributed by atoms with Gasteiger partial charge in [0.2, 0.25) is 0 Å². The van der Waals surface area contributed by atoms with Crippen molar-refractivity contribution in [1.29, 1.82) is 0 Å². The third-order valence-corrected chi connectivity index (χ3v) is 4.17. The smallest absolute Gasteiger partial charge is 0.0254 e. The molecule has 0 nitrogen and oxygen atoms in total. The van der Waals surface area contributed by atoms with Gasteiger partial charge < -0.3 is 0 Å². The third kappa shape index (κ3) is 0.623. The Bertz CT molecular complexity index is 271. The maximum absolute atomic E-state index is 6.15. The topological polar surface area (TPSA) is 0 Å². The molecule has 0 aliphatic heterocycles. The van der Waals surface area contributed by atoms with E-state index in [2.05, 4.69) is 32.9 Å². The van der Waals surface area contributed by atoms with E-state index >= 15 is 0 Å². The van der Waals surface area contributed by atoms with Gasteiger partial charge in [0.1, 0.15) is 0 Å². The summed E-state index contributed by atoms with van der Waals surface area (Å²) in [6.45, 7) is 6.80. The third-order valence-electron chi connectivity index (χ3n) is 3.64. The summed E-state index contributed by atoms with van der Waals surface area (Å²) >= 11 is 6.15. The minimum Gasteiger partial charge on any atom is -0.0885 e. The molecule has 1 unspecified atom stereocenters. The van der Waals surface area contributed by atoms with Crippen LogP contribution >= 0.6 is 11.6 Å². The van der Waals surface area contributed by atoms with Crippen LogP contribution in [0.2, 0.25) is 0 Å². The van der Waals surface area contributed by atoms with Gasteiger partial charge in [0.15, 0.2) is 0 Å². The molecule has 1 heteroatoms. The largest absolute Gasteiger partial charge is 0.0885 e. The highest BCUT2D eigenvalue weighted by Gasteiger charge is 2.52. The molecular formula is C10H13Cl. The summed E-state index contributed by atoms with van der Waals surface area (Å²) in [6.07, 6.45) is 5.56. The van der Waals surface area contributed by atoms with Gasteiger partial charge in [0.25, 0.3) is 0 Å². The first-order valence-corrected chi connectivity index (χ1v) is 4.44. The molecule has 0 heterocycles. The zero-order chi connectivity index (χ0) is 8.28. The highest BCUT2D eigenvalue weighted by atomic mass is 35.5. The van der Waals surface area contributed by atoms with Crippen LogP contribution in [0.5, 0.6) is 0 Å². The van der Waals surface area contributed by atoms with Crippen molar-refractivity contribution >= 4 is 11.6 Å². The zero-order valence-corrected chi connectivity index (χ0v) is 8.00. The molecule has 60 valence electrons. The van der Waals surface area contributed by atoms with Crippen LogP contribution in [0.15, 0.2) is 22.8 Å². The molecule has 11 heavy (non-hydrogen) atoms. The van der Waals surface area contributed by atoms with E-state index in [0.29, 0.717) is 0 Å². The molecule has 2 rings (SSSR count). The van der Waals surface area contributed by atoms with Crippen LogP contribution in [0.25, 0.3) is 0 Å². The Labute approximate surface area is 72.9 Å². The van der Waals surface area contributed by atoms with Crippen molar-refractivity contribution in [1.82, 2.24) is 0 Å². The van der Waals surface area contributed by atoms with E-state index in [1.165, 1.54) is 5.57 Å². The summed E-state index contributed by atoms with van der Waals surface area (Å²) in [7, 11) is 0. The first-order valence-electron chi connectivity index (χ1n) is 4.07. The van der Waals surface area contributed by atoms with E-state index in [4.69, 9.17) is 11.6 Å². The molecule has 0 fully saturated rings. The molecule has 0 spiro atoms. The van der Waals surface area contributed by atoms with Crippen LogP contribution < -0.4 is 0 Å². The predicted molar refractivity (Wildman–Crippen MR) is 48.5 cm³/mol. The lowest BCUT2D eigenvalue weighted by atomic mass is 9.70. The van der Waals surface area contributed by atoms with E-state index in [1.54, 1.807) is 0 Å².